The van der Waals surface area contributed by atoms with Crippen molar-refractivity contribution in [3.8, 4) is 0 Å². The van der Waals surface area contributed by atoms with E-state index < -0.39 is 11.8 Å². The number of rotatable bonds is 6. The normalized spacial score (nSPS) is 15.5. The van der Waals surface area contributed by atoms with Crippen LogP contribution in [0, 0.1) is 11.7 Å². The number of carbonyl (C=O) groups is 3. The van der Waals surface area contributed by atoms with E-state index in [9.17, 15) is 14.0 Å². The van der Waals surface area contributed by atoms with Gasteiger partial charge in [-0.05, 0) is 36.5 Å². The summed E-state index contributed by atoms with van der Waals surface area (Å²) in [6.45, 7) is 1.02. The summed E-state index contributed by atoms with van der Waals surface area (Å²) in [6, 6.07) is 5.74. The number of hydrogen-bond acceptors (Lipinski definition) is 5. The Morgan fingerprint density at radius 1 is 1.38 bits per heavy atom. The Kier molecular flexibility index (Phi) is 8.14. The van der Waals surface area contributed by atoms with Gasteiger partial charge in [-0.1, -0.05) is 22.8 Å². The first-order valence-electron chi connectivity index (χ1n) is 8.82. The van der Waals surface area contributed by atoms with Crippen molar-refractivity contribution in [1.82, 2.24) is 10.1 Å². The van der Waals surface area contributed by atoms with Gasteiger partial charge in [0.05, 0.1) is 5.56 Å². The molecule has 156 valence electrons. The van der Waals surface area contributed by atoms with Crippen LogP contribution in [0.5, 0.6) is 0 Å². The number of aryl methyl sites for hydroxylation is 1. The second-order valence-electron chi connectivity index (χ2n) is 6.54. The van der Waals surface area contributed by atoms with Gasteiger partial charge < -0.3 is 19.6 Å². The second-order valence-corrected chi connectivity index (χ2v) is 6.93. The van der Waals surface area contributed by atoms with Gasteiger partial charge >= 0.3 is 5.97 Å². The number of amides is 1. The van der Waals surface area contributed by atoms with Gasteiger partial charge in [-0.2, -0.15) is 0 Å². The van der Waals surface area contributed by atoms with Gasteiger partial charge in [0.15, 0.2) is 5.15 Å². The van der Waals surface area contributed by atoms with E-state index in [1.807, 2.05) is 0 Å². The highest BCUT2D eigenvalue weighted by molar-refractivity contribution is 6.29. The number of carboxylic acids is 1. The van der Waals surface area contributed by atoms with Crippen LogP contribution >= 0.6 is 11.6 Å². The fourth-order valence-corrected chi connectivity index (χ4v) is 3.37. The Balaban J connectivity index is 0.000000941. The van der Waals surface area contributed by atoms with Gasteiger partial charge in [-0.3, -0.25) is 9.59 Å². The first-order chi connectivity index (χ1) is 13.8. The molecule has 1 aliphatic rings. The average molecular weight is 427 g/mol. The van der Waals surface area contributed by atoms with Crippen LogP contribution in [-0.2, 0) is 22.4 Å². The van der Waals surface area contributed by atoms with Gasteiger partial charge in [0.25, 0.3) is 6.47 Å². The number of halogens is 2. The minimum Gasteiger partial charge on any atom is -0.483 e. The maximum Gasteiger partial charge on any atom is 0.338 e. The highest BCUT2D eigenvalue weighted by Gasteiger charge is 2.26. The smallest absolute Gasteiger partial charge is 0.338 e. The lowest BCUT2D eigenvalue weighted by Crippen LogP contribution is -2.29. The molecule has 1 amide bonds. The second kappa shape index (κ2) is 10.6. The molecule has 2 N–H and O–H groups in total. The van der Waals surface area contributed by atoms with E-state index in [-0.39, 0.29) is 29.0 Å². The molecule has 29 heavy (non-hydrogen) atoms. The fraction of sp³-hybridized carbons (Fsp3) is 0.368. The molecule has 0 bridgehead atoms. The summed E-state index contributed by atoms with van der Waals surface area (Å²) in [7, 11) is 0. The van der Waals surface area contributed by atoms with Crippen molar-refractivity contribution in [1.29, 1.82) is 0 Å². The SMILES string of the molecule is O=C(O)c1cc(CC2CCN(C(=O)CCc3cc(Cl)no3)C2)ccc1F.O=CO. The van der Waals surface area contributed by atoms with Crippen LogP contribution in [0.25, 0.3) is 0 Å². The quantitative estimate of drug-likeness (QED) is 0.681. The average Bonchev–Trinajstić information content (AvgIpc) is 3.31. The van der Waals surface area contributed by atoms with Crippen molar-refractivity contribution in [2.75, 3.05) is 13.1 Å². The van der Waals surface area contributed by atoms with Gasteiger partial charge in [0.2, 0.25) is 5.91 Å². The molecule has 0 spiro atoms. The standard InChI is InChI=1S/C18H18ClFN2O4.CH2O2/c19-16-9-13(26-21-16)2-4-17(23)22-6-5-12(10-22)7-11-1-3-15(20)14(8-11)18(24)25;2-1-3/h1,3,8-9,12H,2,4-7,10H2,(H,24,25);1H,(H,2,3). The summed E-state index contributed by atoms with van der Waals surface area (Å²) in [5.41, 5.74) is 0.443. The minimum atomic E-state index is -1.28. The van der Waals surface area contributed by atoms with Crippen molar-refractivity contribution in [3.05, 3.63) is 52.1 Å². The maximum atomic E-state index is 13.5. The van der Waals surface area contributed by atoms with E-state index in [0.29, 0.717) is 38.1 Å². The molecule has 0 aliphatic carbocycles. The largest absolute Gasteiger partial charge is 0.483 e. The van der Waals surface area contributed by atoms with E-state index in [2.05, 4.69) is 5.16 Å². The number of aromatic nitrogens is 1. The Hall–Kier alpha value is -2.94. The molecule has 1 saturated heterocycles. The van der Waals surface area contributed by atoms with Crippen molar-refractivity contribution in [2.24, 2.45) is 5.92 Å². The van der Waals surface area contributed by atoms with E-state index in [1.165, 1.54) is 12.1 Å². The summed E-state index contributed by atoms with van der Waals surface area (Å²) in [5, 5.41) is 19.7. The van der Waals surface area contributed by atoms with Crippen molar-refractivity contribution < 1.29 is 33.5 Å². The number of aromatic carboxylic acids is 1. The van der Waals surface area contributed by atoms with Crippen molar-refractivity contribution in [3.63, 3.8) is 0 Å². The summed E-state index contributed by atoms with van der Waals surface area (Å²) < 4.78 is 18.5. The molecular formula is C19H20ClFN2O6. The molecule has 1 aromatic carbocycles. The van der Waals surface area contributed by atoms with Crippen LogP contribution < -0.4 is 0 Å². The monoisotopic (exact) mass is 426 g/mol. The molecular weight excluding hydrogens is 407 g/mol. The van der Waals surface area contributed by atoms with Gasteiger partial charge in [-0.25, -0.2) is 9.18 Å². The molecule has 3 rings (SSSR count). The predicted molar refractivity (Wildman–Crippen MR) is 100 cm³/mol. The summed E-state index contributed by atoms with van der Waals surface area (Å²) in [5.74, 6) is -1.18. The first-order valence-corrected chi connectivity index (χ1v) is 9.20. The van der Waals surface area contributed by atoms with Crippen molar-refractivity contribution >= 4 is 29.9 Å². The Bertz CT molecular complexity index is 872. The van der Waals surface area contributed by atoms with Gasteiger partial charge in [0.1, 0.15) is 11.6 Å². The first kappa shape index (κ1) is 22.4. The molecule has 8 nitrogen and oxygen atoms in total. The van der Waals surface area contributed by atoms with Crippen LogP contribution in [0.3, 0.4) is 0 Å². The third-order valence-electron chi connectivity index (χ3n) is 4.54. The molecule has 1 aromatic heterocycles. The summed E-state index contributed by atoms with van der Waals surface area (Å²) in [6.07, 6.45) is 2.21. The molecule has 2 heterocycles. The van der Waals surface area contributed by atoms with Gasteiger partial charge in [-0.15, -0.1) is 0 Å². The molecule has 10 heteroatoms. The number of carboxylic acid groups (broad SMARTS) is 2. The lowest BCUT2D eigenvalue weighted by atomic mass is 9.97. The number of hydrogen-bond donors (Lipinski definition) is 2. The predicted octanol–water partition coefficient (Wildman–Crippen LogP) is 2.89. The highest BCUT2D eigenvalue weighted by atomic mass is 35.5. The van der Waals surface area contributed by atoms with Gasteiger partial charge in [0, 0.05) is 32.0 Å². The molecule has 0 saturated carbocycles. The Labute approximate surface area is 170 Å². The molecule has 1 atom stereocenters. The molecule has 2 aromatic rings. The van der Waals surface area contributed by atoms with E-state index >= 15 is 0 Å². The zero-order valence-corrected chi connectivity index (χ0v) is 16.1. The Morgan fingerprint density at radius 3 is 2.72 bits per heavy atom. The number of carbonyl (C=O) groups excluding carboxylic acids is 1. The zero-order chi connectivity index (χ0) is 21.4. The third kappa shape index (κ3) is 6.56. The number of benzene rings is 1. The van der Waals surface area contributed by atoms with Crippen LogP contribution in [-0.4, -0.2) is 51.7 Å². The highest BCUT2D eigenvalue weighted by Crippen LogP contribution is 2.23. The molecule has 1 unspecified atom stereocenters. The Morgan fingerprint density at radius 2 is 2.10 bits per heavy atom. The summed E-state index contributed by atoms with van der Waals surface area (Å²) in [4.78, 5) is 33.5. The van der Waals surface area contributed by atoms with Crippen molar-refractivity contribution in [2.45, 2.75) is 25.7 Å². The van der Waals surface area contributed by atoms with Crippen LogP contribution in [0.1, 0.15) is 34.5 Å². The van der Waals surface area contributed by atoms with Crippen LogP contribution in [0.4, 0.5) is 4.39 Å². The topological polar surface area (TPSA) is 121 Å². The molecule has 1 aliphatic heterocycles. The number of nitrogens with zero attached hydrogens (tertiary/aromatic N) is 2. The number of likely N-dealkylation sites (tertiary alicyclic amines) is 1. The zero-order valence-electron chi connectivity index (χ0n) is 15.4. The maximum absolute atomic E-state index is 13.5. The molecule has 1 fully saturated rings. The minimum absolute atomic E-state index is 0.0327. The third-order valence-corrected chi connectivity index (χ3v) is 4.72. The lowest BCUT2D eigenvalue weighted by Gasteiger charge is -2.16. The van der Waals surface area contributed by atoms with E-state index in [1.54, 1.807) is 17.0 Å². The molecule has 0 radical (unpaired) electrons. The van der Waals surface area contributed by atoms with E-state index in [0.717, 1.165) is 12.0 Å². The van der Waals surface area contributed by atoms with Crippen LogP contribution in [0.2, 0.25) is 5.15 Å². The fourth-order valence-electron chi connectivity index (χ4n) is 3.22. The summed E-state index contributed by atoms with van der Waals surface area (Å²) >= 11 is 5.68. The van der Waals surface area contributed by atoms with E-state index in [4.69, 9.17) is 31.1 Å². The van der Waals surface area contributed by atoms with Crippen LogP contribution in [0.15, 0.2) is 28.8 Å². The lowest BCUT2D eigenvalue weighted by molar-refractivity contribution is -0.130.